The zero-order chi connectivity index (χ0) is 20.8. The molecule has 0 aliphatic carbocycles. The largest absolute Gasteiger partial charge is 0.465 e. The van der Waals surface area contributed by atoms with Crippen LogP contribution in [0, 0.1) is 0 Å². The molecule has 0 spiro atoms. The van der Waals surface area contributed by atoms with Crippen LogP contribution in [0.5, 0.6) is 0 Å². The van der Waals surface area contributed by atoms with Gasteiger partial charge < -0.3 is 25.8 Å². The van der Waals surface area contributed by atoms with E-state index in [1.54, 1.807) is 24.3 Å². The van der Waals surface area contributed by atoms with Crippen molar-refractivity contribution in [1.29, 1.82) is 0 Å². The molecule has 1 aliphatic heterocycles. The number of nitrogens with two attached hydrogens (primary N) is 1. The molecule has 0 saturated carbocycles. The van der Waals surface area contributed by atoms with Gasteiger partial charge in [0.15, 0.2) is 0 Å². The van der Waals surface area contributed by atoms with Gasteiger partial charge in [0, 0.05) is 31.0 Å². The Hall–Kier alpha value is -3.06. The third-order valence-electron chi connectivity index (χ3n) is 5.14. The van der Waals surface area contributed by atoms with E-state index in [9.17, 15) is 14.7 Å². The minimum atomic E-state index is -0.371. The highest BCUT2D eigenvalue weighted by atomic mass is 16.5. The Bertz CT molecular complexity index is 859. The molecule has 3 rings (SSSR count). The number of carbonyl (C=O) groups is 2. The van der Waals surface area contributed by atoms with Crippen LogP contribution < -0.4 is 16.0 Å². The first-order chi connectivity index (χ1) is 14.0. The zero-order valence-electron chi connectivity index (χ0n) is 16.6. The molecular weight excluding hydrogens is 370 g/mol. The molecule has 29 heavy (non-hydrogen) atoms. The highest BCUT2D eigenvalue weighted by Gasteiger charge is 2.22. The maximum Gasteiger partial charge on any atom is 0.337 e. The highest BCUT2D eigenvalue weighted by molar-refractivity contribution is 6.00. The summed E-state index contributed by atoms with van der Waals surface area (Å²) in [4.78, 5) is 26.4. The number of aliphatic hydroxyl groups is 1. The molecule has 7 heteroatoms. The molecule has 1 saturated heterocycles. The van der Waals surface area contributed by atoms with Crippen LogP contribution in [0.1, 0.15) is 39.1 Å². The number of anilines is 2. The van der Waals surface area contributed by atoms with Crippen LogP contribution in [0.3, 0.4) is 0 Å². The van der Waals surface area contributed by atoms with Gasteiger partial charge in [0.05, 0.1) is 24.3 Å². The van der Waals surface area contributed by atoms with Crippen LogP contribution in [0.2, 0.25) is 0 Å². The van der Waals surface area contributed by atoms with Gasteiger partial charge in [0.25, 0.3) is 5.91 Å². The average molecular weight is 397 g/mol. The minimum Gasteiger partial charge on any atom is -0.465 e. The Kier molecular flexibility index (Phi) is 6.72. The number of hydrogen-bond acceptors (Lipinski definition) is 6. The number of ether oxygens (including phenoxy) is 1. The number of rotatable bonds is 6. The van der Waals surface area contributed by atoms with Crippen molar-refractivity contribution in [2.45, 2.75) is 25.4 Å². The van der Waals surface area contributed by atoms with Crippen LogP contribution in [0.25, 0.3) is 0 Å². The molecule has 7 nitrogen and oxygen atoms in total. The number of piperidine rings is 1. The number of benzene rings is 2. The van der Waals surface area contributed by atoms with Crippen molar-refractivity contribution in [3.05, 3.63) is 59.2 Å². The van der Waals surface area contributed by atoms with Gasteiger partial charge in [-0.3, -0.25) is 4.79 Å². The summed E-state index contributed by atoms with van der Waals surface area (Å²) in [5.41, 5.74) is 9.34. The third kappa shape index (κ3) is 5.26. The van der Waals surface area contributed by atoms with Crippen molar-refractivity contribution in [3.63, 3.8) is 0 Å². The number of nitrogen functional groups attached to an aromatic ring is 1. The summed E-state index contributed by atoms with van der Waals surface area (Å²) in [7, 11) is 1.35. The monoisotopic (exact) mass is 397 g/mol. The van der Waals surface area contributed by atoms with Gasteiger partial charge in [0.2, 0.25) is 0 Å². The van der Waals surface area contributed by atoms with Gasteiger partial charge in [-0.2, -0.15) is 0 Å². The number of esters is 1. The Balaban J connectivity index is 1.62. The summed E-state index contributed by atoms with van der Waals surface area (Å²) in [6, 6.07) is 12.5. The Labute approximate surface area is 170 Å². The Morgan fingerprint density at radius 2 is 1.86 bits per heavy atom. The van der Waals surface area contributed by atoms with Crippen molar-refractivity contribution in [2.24, 2.45) is 0 Å². The summed E-state index contributed by atoms with van der Waals surface area (Å²) >= 11 is 0. The first-order valence-electron chi connectivity index (χ1n) is 9.76. The Morgan fingerprint density at radius 3 is 2.52 bits per heavy atom. The minimum absolute atomic E-state index is 0.176. The van der Waals surface area contributed by atoms with E-state index in [0.717, 1.165) is 11.3 Å². The predicted octanol–water partition coefficient (Wildman–Crippen LogP) is 1.99. The lowest BCUT2D eigenvalue weighted by atomic mass is 10.0. The molecule has 1 heterocycles. The van der Waals surface area contributed by atoms with E-state index in [1.807, 2.05) is 18.2 Å². The van der Waals surface area contributed by atoms with Gasteiger partial charge in [0.1, 0.15) is 0 Å². The SMILES string of the molecule is COC(=O)c1ccc(CCNC(=O)c2cc(N)ccc2N2CCC(O)CC2)cc1. The smallest absolute Gasteiger partial charge is 0.337 e. The number of nitrogens with one attached hydrogen (secondary N) is 1. The summed E-state index contributed by atoms with van der Waals surface area (Å²) < 4.78 is 4.69. The molecule has 4 N–H and O–H groups in total. The second-order valence-electron chi connectivity index (χ2n) is 7.19. The van der Waals surface area contributed by atoms with Crippen LogP contribution in [0.4, 0.5) is 11.4 Å². The second-order valence-corrected chi connectivity index (χ2v) is 7.19. The molecule has 1 fully saturated rings. The molecule has 154 valence electrons. The fourth-order valence-electron chi connectivity index (χ4n) is 3.46. The van der Waals surface area contributed by atoms with Crippen LogP contribution in [-0.2, 0) is 11.2 Å². The quantitative estimate of drug-likeness (QED) is 0.509. The summed E-state index contributed by atoms with van der Waals surface area (Å²) in [5, 5.41) is 12.7. The van der Waals surface area contributed by atoms with E-state index in [4.69, 9.17) is 10.5 Å². The molecule has 1 aliphatic rings. The van der Waals surface area contributed by atoms with Crippen LogP contribution in [-0.4, -0.2) is 49.8 Å². The number of amides is 1. The third-order valence-corrected chi connectivity index (χ3v) is 5.14. The van der Waals surface area contributed by atoms with E-state index in [-0.39, 0.29) is 18.0 Å². The molecule has 1 amide bonds. The first kappa shape index (κ1) is 20.7. The normalized spacial score (nSPS) is 14.5. The molecule has 0 bridgehead atoms. The summed E-state index contributed by atoms with van der Waals surface area (Å²) in [6.07, 6.45) is 1.74. The maximum atomic E-state index is 12.8. The van der Waals surface area contributed by atoms with E-state index < -0.39 is 0 Å². The number of aliphatic hydroxyl groups excluding tert-OH is 1. The van der Waals surface area contributed by atoms with E-state index >= 15 is 0 Å². The molecule has 0 atom stereocenters. The second kappa shape index (κ2) is 9.43. The fourth-order valence-corrected chi connectivity index (χ4v) is 3.46. The molecule has 0 unspecified atom stereocenters. The summed E-state index contributed by atoms with van der Waals surface area (Å²) in [5.74, 6) is -0.547. The zero-order valence-corrected chi connectivity index (χ0v) is 16.6. The lowest BCUT2D eigenvalue weighted by Crippen LogP contribution is -2.37. The number of methoxy groups -OCH3 is 1. The molecule has 0 radical (unpaired) electrons. The average Bonchev–Trinajstić information content (AvgIpc) is 2.74. The van der Waals surface area contributed by atoms with Crippen molar-refractivity contribution in [1.82, 2.24) is 5.32 Å². The van der Waals surface area contributed by atoms with Gasteiger partial charge >= 0.3 is 5.97 Å². The molecule has 2 aromatic rings. The summed E-state index contributed by atoms with van der Waals surface area (Å²) in [6.45, 7) is 1.87. The van der Waals surface area contributed by atoms with Crippen LogP contribution in [0.15, 0.2) is 42.5 Å². The molecular formula is C22H27N3O4. The van der Waals surface area contributed by atoms with Gasteiger partial charge in [-0.15, -0.1) is 0 Å². The molecule has 2 aromatic carbocycles. The van der Waals surface area contributed by atoms with Crippen molar-refractivity contribution in [2.75, 3.05) is 37.4 Å². The lowest BCUT2D eigenvalue weighted by Gasteiger charge is -2.32. The van der Waals surface area contributed by atoms with Crippen molar-refractivity contribution in [3.8, 4) is 0 Å². The fraction of sp³-hybridized carbons (Fsp3) is 0.364. The van der Waals surface area contributed by atoms with E-state index in [1.165, 1.54) is 7.11 Å². The van der Waals surface area contributed by atoms with Gasteiger partial charge in [-0.25, -0.2) is 4.79 Å². The number of nitrogens with zero attached hydrogens (tertiary/aromatic N) is 1. The maximum absolute atomic E-state index is 12.8. The number of carbonyl (C=O) groups excluding carboxylic acids is 2. The topological polar surface area (TPSA) is 105 Å². The van der Waals surface area contributed by atoms with Gasteiger partial charge in [-0.1, -0.05) is 12.1 Å². The predicted molar refractivity (Wildman–Crippen MR) is 112 cm³/mol. The van der Waals surface area contributed by atoms with Gasteiger partial charge in [-0.05, 0) is 55.2 Å². The highest BCUT2D eigenvalue weighted by Crippen LogP contribution is 2.26. The molecule has 0 aromatic heterocycles. The lowest BCUT2D eigenvalue weighted by molar-refractivity contribution is 0.0600. The van der Waals surface area contributed by atoms with Crippen molar-refractivity contribution >= 4 is 23.3 Å². The Morgan fingerprint density at radius 1 is 1.17 bits per heavy atom. The van der Waals surface area contributed by atoms with Crippen molar-refractivity contribution < 1.29 is 19.4 Å². The van der Waals surface area contributed by atoms with E-state index in [0.29, 0.717) is 55.7 Å². The first-order valence-corrected chi connectivity index (χ1v) is 9.76. The van der Waals surface area contributed by atoms with E-state index in [2.05, 4.69) is 10.2 Å². The number of hydrogen-bond donors (Lipinski definition) is 3. The van der Waals surface area contributed by atoms with Crippen LogP contribution >= 0.6 is 0 Å². The standard InChI is InChI=1S/C22H27N3O4/c1-29-22(28)16-4-2-15(3-5-16)8-11-24-21(27)19-14-17(23)6-7-20(19)25-12-9-18(26)10-13-25/h2-7,14,18,26H,8-13,23H2,1H3,(H,24,27).